The van der Waals surface area contributed by atoms with E-state index in [-0.39, 0.29) is 6.04 Å². The molecule has 0 bridgehead atoms. The Bertz CT molecular complexity index is 1380. The van der Waals surface area contributed by atoms with Crippen molar-refractivity contribution in [2.45, 2.75) is 26.0 Å². The molecule has 0 radical (unpaired) electrons. The van der Waals surface area contributed by atoms with Gasteiger partial charge in [0.25, 0.3) is 0 Å². The predicted octanol–water partition coefficient (Wildman–Crippen LogP) is 5.98. The first-order valence-electron chi connectivity index (χ1n) is 12.5. The molecule has 6 nitrogen and oxygen atoms in total. The molecule has 3 aromatic carbocycles. The Morgan fingerprint density at radius 2 is 1.81 bits per heavy atom. The second kappa shape index (κ2) is 11.3. The number of hydrogen-bond donors (Lipinski definition) is 2. The van der Waals surface area contributed by atoms with Crippen LogP contribution in [0.2, 0.25) is 0 Å². The molecule has 1 aromatic heterocycles. The summed E-state index contributed by atoms with van der Waals surface area (Å²) in [6.07, 6.45) is 9.06. The predicted molar refractivity (Wildman–Crippen MR) is 149 cm³/mol. The Kier molecular flexibility index (Phi) is 7.47. The third kappa shape index (κ3) is 5.65. The molecule has 1 atom stereocenters. The molecule has 0 saturated carbocycles. The van der Waals surface area contributed by atoms with Crippen molar-refractivity contribution >= 4 is 12.0 Å². The number of hydrogen-bond acceptors (Lipinski definition) is 6. The summed E-state index contributed by atoms with van der Waals surface area (Å²) in [7, 11) is 3.51. The fraction of sp³-hybridized carbons (Fsp3) is 0.226. The Morgan fingerprint density at radius 3 is 2.54 bits per heavy atom. The van der Waals surface area contributed by atoms with Crippen LogP contribution in [0.4, 0.5) is 5.95 Å². The third-order valence-corrected chi connectivity index (χ3v) is 6.70. The average molecular weight is 493 g/mol. The molecule has 0 fully saturated rings. The van der Waals surface area contributed by atoms with Crippen LogP contribution in [0.15, 0.2) is 79.1 Å². The van der Waals surface area contributed by atoms with E-state index in [2.05, 4.69) is 82.1 Å². The van der Waals surface area contributed by atoms with E-state index in [1.165, 1.54) is 22.3 Å². The van der Waals surface area contributed by atoms with Gasteiger partial charge in [0.15, 0.2) is 11.5 Å². The summed E-state index contributed by atoms with van der Waals surface area (Å²) in [6, 6.07) is 21.0. The van der Waals surface area contributed by atoms with E-state index < -0.39 is 0 Å². The smallest absolute Gasteiger partial charge is 0.222 e. The van der Waals surface area contributed by atoms with Gasteiger partial charge in [-0.1, -0.05) is 60.7 Å². The summed E-state index contributed by atoms with van der Waals surface area (Å²) in [5.74, 6) is 2.16. The lowest BCUT2D eigenvalue weighted by Gasteiger charge is -2.26. The van der Waals surface area contributed by atoms with Gasteiger partial charge in [0.1, 0.15) is 6.61 Å². The number of nitrogens with zero attached hydrogens (tertiary/aromatic N) is 2. The highest BCUT2D eigenvalue weighted by Gasteiger charge is 2.21. The molecular formula is C31H32N4O2. The van der Waals surface area contributed by atoms with Crippen LogP contribution in [-0.4, -0.2) is 30.7 Å². The maximum atomic E-state index is 6.15. The average Bonchev–Trinajstić information content (AvgIpc) is 2.95. The van der Waals surface area contributed by atoms with E-state index in [0.29, 0.717) is 12.6 Å². The highest BCUT2D eigenvalue weighted by molar-refractivity contribution is 5.67. The summed E-state index contributed by atoms with van der Waals surface area (Å²) in [6.45, 7) is 3.55. The number of nitrogens with one attached hydrogen (secondary N) is 2. The van der Waals surface area contributed by atoms with Gasteiger partial charge < -0.3 is 20.1 Å². The van der Waals surface area contributed by atoms with Crippen molar-refractivity contribution in [2.75, 3.05) is 26.0 Å². The lowest BCUT2D eigenvalue weighted by atomic mass is 9.92. The zero-order valence-corrected chi connectivity index (χ0v) is 21.5. The highest BCUT2D eigenvalue weighted by Crippen LogP contribution is 2.36. The normalized spacial score (nSPS) is 14.8. The molecule has 2 N–H and O–H groups in total. The van der Waals surface area contributed by atoms with Gasteiger partial charge in [0, 0.05) is 31.5 Å². The van der Waals surface area contributed by atoms with E-state index in [4.69, 9.17) is 9.47 Å². The van der Waals surface area contributed by atoms with Crippen molar-refractivity contribution in [3.63, 3.8) is 0 Å². The molecule has 1 aliphatic rings. The fourth-order valence-corrected chi connectivity index (χ4v) is 4.62. The quantitative estimate of drug-likeness (QED) is 0.315. The molecule has 2 heterocycles. The fourth-order valence-electron chi connectivity index (χ4n) is 4.62. The van der Waals surface area contributed by atoms with Gasteiger partial charge in [-0.25, -0.2) is 9.97 Å². The first-order chi connectivity index (χ1) is 18.1. The second-order valence-electron chi connectivity index (χ2n) is 9.13. The van der Waals surface area contributed by atoms with E-state index >= 15 is 0 Å². The van der Waals surface area contributed by atoms with E-state index in [1.807, 2.05) is 37.6 Å². The zero-order chi connectivity index (χ0) is 25.6. The summed E-state index contributed by atoms with van der Waals surface area (Å²) in [4.78, 5) is 8.66. The summed E-state index contributed by atoms with van der Waals surface area (Å²) < 4.78 is 11.9. The number of anilines is 1. The number of ether oxygens (including phenoxy) is 2. The molecule has 0 saturated heterocycles. The third-order valence-electron chi connectivity index (χ3n) is 6.70. The number of rotatable bonds is 8. The van der Waals surface area contributed by atoms with Gasteiger partial charge >= 0.3 is 0 Å². The topological polar surface area (TPSA) is 68.3 Å². The molecule has 0 aliphatic carbocycles. The van der Waals surface area contributed by atoms with Crippen molar-refractivity contribution in [3.05, 3.63) is 107 Å². The number of aromatic nitrogens is 2. The number of aryl methyl sites for hydroxylation is 1. The number of benzene rings is 3. The molecule has 0 spiro atoms. The maximum Gasteiger partial charge on any atom is 0.222 e. The number of methoxy groups -OCH3 is 1. The minimum Gasteiger partial charge on any atom is -0.493 e. The van der Waals surface area contributed by atoms with Crippen molar-refractivity contribution in [2.24, 2.45) is 0 Å². The molecule has 6 heteroatoms. The van der Waals surface area contributed by atoms with Gasteiger partial charge in [0.05, 0.1) is 13.2 Å². The molecule has 0 amide bonds. The monoisotopic (exact) mass is 492 g/mol. The largest absolute Gasteiger partial charge is 0.493 e. The Morgan fingerprint density at radius 1 is 1.00 bits per heavy atom. The van der Waals surface area contributed by atoms with E-state index in [9.17, 15) is 0 Å². The molecule has 5 rings (SSSR count). The Hall–Kier alpha value is -4.16. The van der Waals surface area contributed by atoms with Crippen molar-refractivity contribution in [3.8, 4) is 22.6 Å². The van der Waals surface area contributed by atoms with Crippen LogP contribution in [0.5, 0.6) is 11.5 Å². The van der Waals surface area contributed by atoms with Crippen molar-refractivity contribution in [1.29, 1.82) is 0 Å². The van der Waals surface area contributed by atoms with Crippen LogP contribution in [0.3, 0.4) is 0 Å². The van der Waals surface area contributed by atoms with Gasteiger partial charge in [-0.05, 0) is 58.9 Å². The first-order valence-corrected chi connectivity index (χ1v) is 12.5. The Labute approximate surface area is 218 Å². The van der Waals surface area contributed by atoms with Crippen LogP contribution in [0.1, 0.15) is 33.9 Å². The summed E-state index contributed by atoms with van der Waals surface area (Å²) >= 11 is 0. The van der Waals surface area contributed by atoms with Crippen LogP contribution in [-0.2, 0) is 13.0 Å². The highest BCUT2D eigenvalue weighted by atomic mass is 16.5. The van der Waals surface area contributed by atoms with Gasteiger partial charge in [0.2, 0.25) is 5.95 Å². The van der Waals surface area contributed by atoms with Crippen LogP contribution < -0.4 is 20.1 Å². The van der Waals surface area contributed by atoms with Crippen LogP contribution in [0.25, 0.3) is 17.2 Å². The minimum absolute atomic E-state index is 0.0994. The molecule has 37 heavy (non-hydrogen) atoms. The number of fused-ring (bicyclic) bond motifs is 1. The molecular weight excluding hydrogens is 460 g/mol. The van der Waals surface area contributed by atoms with E-state index in [1.54, 1.807) is 7.11 Å². The van der Waals surface area contributed by atoms with Crippen molar-refractivity contribution in [1.82, 2.24) is 15.3 Å². The maximum absolute atomic E-state index is 6.15. The summed E-state index contributed by atoms with van der Waals surface area (Å²) in [5.41, 5.74) is 8.12. The van der Waals surface area contributed by atoms with Crippen LogP contribution in [0, 0.1) is 6.92 Å². The lowest BCUT2D eigenvalue weighted by Crippen LogP contribution is -2.28. The summed E-state index contributed by atoms with van der Waals surface area (Å²) in [5, 5.41) is 6.59. The standard InChI is InChI=1S/C31H32N4O2/c1-21-15-24(26-18-34-31(32-2)35-19-26)10-9-23(21)11-12-28-27-17-29(36-3)30(16-25(27)13-14-33-28)37-20-22-7-5-4-6-8-22/h4-12,15-19,28,33H,13-14,20H2,1-3H3,(H,32,34,35)/b12-11+. The van der Waals surface area contributed by atoms with Gasteiger partial charge in [-0.15, -0.1) is 0 Å². The van der Waals surface area contributed by atoms with Gasteiger partial charge in [-0.3, -0.25) is 0 Å². The Balaban J connectivity index is 1.34. The first kappa shape index (κ1) is 24.5. The molecule has 1 unspecified atom stereocenters. The molecule has 188 valence electrons. The zero-order valence-electron chi connectivity index (χ0n) is 21.5. The molecule has 4 aromatic rings. The molecule has 1 aliphatic heterocycles. The lowest BCUT2D eigenvalue weighted by molar-refractivity contribution is 0.283. The van der Waals surface area contributed by atoms with E-state index in [0.717, 1.165) is 41.2 Å². The van der Waals surface area contributed by atoms with Crippen LogP contribution >= 0.6 is 0 Å². The SMILES string of the molecule is CNc1ncc(-c2ccc(/C=C/C3NCCc4cc(OCc5ccccc5)c(OC)cc43)c(C)c2)cn1. The van der Waals surface area contributed by atoms with Crippen molar-refractivity contribution < 1.29 is 9.47 Å². The second-order valence-corrected chi connectivity index (χ2v) is 9.13. The minimum atomic E-state index is 0.0994. The van der Waals surface area contributed by atoms with Gasteiger partial charge in [-0.2, -0.15) is 0 Å².